The fourth-order valence-corrected chi connectivity index (χ4v) is 3.61. The number of rotatable bonds is 6. The van der Waals surface area contributed by atoms with Crippen molar-refractivity contribution in [2.45, 2.75) is 32.7 Å². The number of fused-ring (bicyclic) bond motifs is 1. The predicted octanol–water partition coefficient (Wildman–Crippen LogP) is 4.28. The summed E-state index contributed by atoms with van der Waals surface area (Å²) >= 11 is 1.61. The number of benzene rings is 1. The van der Waals surface area contributed by atoms with Gasteiger partial charge in [0, 0.05) is 11.4 Å². The number of aromatic nitrogens is 2. The average molecular weight is 355 g/mol. The number of hydrogen-bond donors (Lipinski definition) is 1. The molecule has 0 saturated carbocycles. The average Bonchev–Trinajstić information content (AvgIpc) is 3.01. The Labute approximate surface area is 151 Å². The van der Waals surface area contributed by atoms with Crippen LogP contribution in [0.2, 0.25) is 0 Å². The number of carbonyl (C=O) groups excluding carboxylic acids is 1. The lowest BCUT2D eigenvalue weighted by atomic mass is 10.1. The van der Waals surface area contributed by atoms with Crippen molar-refractivity contribution in [3.63, 3.8) is 0 Å². The molecule has 0 aliphatic carbocycles. The molecule has 0 saturated heterocycles. The standard InChI is InChI=1S/C19H21N3O2S/c1-4-14(19(23)24-3)17-21-16(15-10-12(2)25-18(15)22-17)20-11-13-8-6-5-7-9-13/h5-10,14H,4,11H2,1-3H3,(H,20,21,22). The Morgan fingerprint density at radius 1 is 1.28 bits per heavy atom. The normalized spacial score (nSPS) is 12.1. The Hall–Kier alpha value is -2.47. The molecule has 1 atom stereocenters. The maximum atomic E-state index is 12.1. The van der Waals surface area contributed by atoms with Gasteiger partial charge in [0.05, 0.1) is 12.5 Å². The first kappa shape index (κ1) is 17.4. The second-order valence-electron chi connectivity index (χ2n) is 5.83. The smallest absolute Gasteiger partial charge is 0.316 e. The zero-order chi connectivity index (χ0) is 17.8. The summed E-state index contributed by atoms with van der Waals surface area (Å²) < 4.78 is 4.91. The van der Waals surface area contributed by atoms with Crippen molar-refractivity contribution in [3.05, 3.63) is 52.7 Å². The molecule has 1 N–H and O–H groups in total. The molecule has 25 heavy (non-hydrogen) atoms. The molecule has 0 radical (unpaired) electrons. The van der Waals surface area contributed by atoms with Crippen molar-refractivity contribution in [2.75, 3.05) is 12.4 Å². The molecule has 0 spiro atoms. The maximum Gasteiger partial charge on any atom is 0.316 e. The van der Waals surface area contributed by atoms with Crippen LogP contribution >= 0.6 is 11.3 Å². The minimum Gasteiger partial charge on any atom is -0.468 e. The number of carbonyl (C=O) groups is 1. The number of aryl methyl sites for hydroxylation is 1. The first-order valence-corrected chi connectivity index (χ1v) is 9.07. The number of methoxy groups -OCH3 is 1. The van der Waals surface area contributed by atoms with E-state index < -0.39 is 5.92 Å². The predicted molar refractivity (Wildman–Crippen MR) is 101 cm³/mol. The second kappa shape index (κ2) is 7.61. The van der Waals surface area contributed by atoms with Gasteiger partial charge in [-0.2, -0.15) is 0 Å². The van der Waals surface area contributed by atoms with Gasteiger partial charge in [-0.25, -0.2) is 9.97 Å². The lowest BCUT2D eigenvalue weighted by Gasteiger charge is -2.14. The number of ether oxygens (including phenoxy) is 1. The van der Waals surface area contributed by atoms with Gasteiger partial charge in [0.15, 0.2) is 0 Å². The minimum absolute atomic E-state index is 0.302. The summed E-state index contributed by atoms with van der Waals surface area (Å²) in [6.07, 6.45) is 0.598. The van der Waals surface area contributed by atoms with Crippen LogP contribution < -0.4 is 5.32 Å². The molecule has 2 aromatic heterocycles. The summed E-state index contributed by atoms with van der Waals surface area (Å²) in [5, 5.41) is 4.38. The largest absolute Gasteiger partial charge is 0.468 e. The number of esters is 1. The molecule has 1 aromatic carbocycles. The Morgan fingerprint density at radius 3 is 2.72 bits per heavy atom. The highest BCUT2D eigenvalue weighted by atomic mass is 32.1. The highest BCUT2D eigenvalue weighted by Crippen LogP contribution is 2.31. The molecule has 1 unspecified atom stereocenters. The van der Waals surface area contributed by atoms with E-state index in [1.165, 1.54) is 12.7 Å². The Bertz CT molecular complexity index is 877. The Morgan fingerprint density at radius 2 is 2.04 bits per heavy atom. The molecule has 2 heterocycles. The Kier molecular flexibility index (Phi) is 5.28. The van der Waals surface area contributed by atoms with Gasteiger partial charge in [0.2, 0.25) is 0 Å². The molecular weight excluding hydrogens is 334 g/mol. The third kappa shape index (κ3) is 3.79. The fourth-order valence-electron chi connectivity index (χ4n) is 2.73. The van der Waals surface area contributed by atoms with Crippen molar-refractivity contribution in [1.82, 2.24) is 9.97 Å². The van der Waals surface area contributed by atoms with E-state index in [-0.39, 0.29) is 5.97 Å². The molecule has 0 amide bonds. The maximum absolute atomic E-state index is 12.1. The molecule has 0 fully saturated rings. The molecule has 6 heteroatoms. The lowest BCUT2D eigenvalue weighted by molar-refractivity contribution is -0.142. The van der Waals surface area contributed by atoms with Crippen LogP contribution in [0.1, 0.15) is 35.5 Å². The number of nitrogens with zero attached hydrogens (tertiary/aromatic N) is 2. The number of hydrogen-bond acceptors (Lipinski definition) is 6. The molecule has 0 aliphatic heterocycles. The van der Waals surface area contributed by atoms with Crippen LogP contribution in [0.4, 0.5) is 5.82 Å². The van der Waals surface area contributed by atoms with Gasteiger partial charge in [0.25, 0.3) is 0 Å². The second-order valence-corrected chi connectivity index (χ2v) is 7.06. The lowest BCUT2D eigenvalue weighted by Crippen LogP contribution is -2.17. The quantitative estimate of drug-likeness (QED) is 0.669. The van der Waals surface area contributed by atoms with Crippen LogP contribution in [0.5, 0.6) is 0 Å². The molecule has 3 rings (SSSR count). The first-order chi connectivity index (χ1) is 12.1. The highest BCUT2D eigenvalue weighted by molar-refractivity contribution is 7.18. The van der Waals surface area contributed by atoms with E-state index in [9.17, 15) is 4.79 Å². The van der Waals surface area contributed by atoms with Gasteiger partial charge in [-0.15, -0.1) is 11.3 Å². The van der Waals surface area contributed by atoms with Crippen LogP contribution in [0.15, 0.2) is 36.4 Å². The Balaban J connectivity index is 1.98. The van der Waals surface area contributed by atoms with Crippen LogP contribution in [0.25, 0.3) is 10.2 Å². The van der Waals surface area contributed by atoms with E-state index in [2.05, 4.69) is 33.5 Å². The summed E-state index contributed by atoms with van der Waals surface area (Å²) in [5.41, 5.74) is 1.17. The summed E-state index contributed by atoms with van der Waals surface area (Å²) in [4.78, 5) is 23.4. The van der Waals surface area contributed by atoms with Gasteiger partial charge in [-0.3, -0.25) is 4.79 Å². The number of nitrogens with one attached hydrogen (secondary N) is 1. The van der Waals surface area contributed by atoms with Gasteiger partial charge >= 0.3 is 5.97 Å². The van der Waals surface area contributed by atoms with E-state index in [1.54, 1.807) is 11.3 Å². The summed E-state index contributed by atoms with van der Waals surface area (Å²) in [6.45, 7) is 4.65. The van der Waals surface area contributed by atoms with E-state index in [0.29, 0.717) is 18.8 Å². The van der Waals surface area contributed by atoms with Crippen LogP contribution in [-0.2, 0) is 16.1 Å². The molecule has 3 aromatic rings. The molecule has 0 bridgehead atoms. The highest BCUT2D eigenvalue weighted by Gasteiger charge is 2.24. The fraction of sp³-hybridized carbons (Fsp3) is 0.316. The molecular formula is C19H21N3O2S. The van der Waals surface area contributed by atoms with Crippen LogP contribution in [-0.4, -0.2) is 23.0 Å². The van der Waals surface area contributed by atoms with Crippen LogP contribution in [0.3, 0.4) is 0 Å². The van der Waals surface area contributed by atoms with E-state index >= 15 is 0 Å². The van der Waals surface area contributed by atoms with Gasteiger partial charge < -0.3 is 10.1 Å². The summed E-state index contributed by atoms with van der Waals surface area (Å²) in [7, 11) is 1.40. The summed E-state index contributed by atoms with van der Waals surface area (Å²) in [6, 6.07) is 12.2. The van der Waals surface area contributed by atoms with Crippen molar-refractivity contribution in [3.8, 4) is 0 Å². The number of thiophene rings is 1. The van der Waals surface area contributed by atoms with Crippen molar-refractivity contribution in [2.24, 2.45) is 0 Å². The van der Waals surface area contributed by atoms with Gasteiger partial charge in [0.1, 0.15) is 22.4 Å². The molecule has 130 valence electrons. The first-order valence-electron chi connectivity index (χ1n) is 8.26. The van der Waals surface area contributed by atoms with Crippen molar-refractivity contribution >= 4 is 33.3 Å². The third-order valence-electron chi connectivity index (χ3n) is 4.04. The van der Waals surface area contributed by atoms with E-state index in [0.717, 1.165) is 20.9 Å². The van der Waals surface area contributed by atoms with E-state index in [4.69, 9.17) is 4.74 Å². The minimum atomic E-state index is -0.450. The van der Waals surface area contributed by atoms with Gasteiger partial charge in [-0.1, -0.05) is 37.3 Å². The molecule has 5 nitrogen and oxygen atoms in total. The van der Waals surface area contributed by atoms with E-state index in [1.807, 2.05) is 32.0 Å². The zero-order valence-electron chi connectivity index (χ0n) is 14.6. The van der Waals surface area contributed by atoms with Gasteiger partial charge in [-0.05, 0) is 25.0 Å². The van der Waals surface area contributed by atoms with Crippen LogP contribution in [0, 0.1) is 6.92 Å². The SMILES string of the molecule is CCC(C(=O)OC)c1nc(NCc2ccccc2)c2cc(C)sc2n1. The molecule has 0 aliphatic rings. The van der Waals surface area contributed by atoms with Crippen molar-refractivity contribution < 1.29 is 9.53 Å². The van der Waals surface area contributed by atoms with Crippen molar-refractivity contribution in [1.29, 1.82) is 0 Å². The number of anilines is 1. The summed E-state index contributed by atoms with van der Waals surface area (Å²) in [5.74, 6) is 0.521. The third-order valence-corrected chi connectivity index (χ3v) is 4.99. The topological polar surface area (TPSA) is 64.1 Å². The monoisotopic (exact) mass is 355 g/mol. The zero-order valence-corrected chi connectivity index (χ0v) is 15.4.